The molecule has 2 unspecified atom stereocenters. The van der Waals surface area contributed by atoms with Crippen LogP contribution in [0.2, 0.25) is 0 Å². The molecule has 4 nitrogen and oxygen atoms in total. The molecule has 0 radical (unpaired) electrons. The average molecular weight is 300 g/mol. The lowest BCUT2D eigenvalue weighted by molar-refractivity contribution is -0.0112. The van der Waals surface area contributed by atoms with Gasteiger partial charge in [0, 0.05) is 38.0 Å². The molecular weight excluding hydrogens is 276 g/mol. The monoisotopic (exact) mass is 300 g/mol. The van der Waals surface area contributed by atoms with Crippen LogP contribution < -0.4 is 0 Å². The third-order valence-electron chi connectivity index (χ3n) is 5.56. The molecule has 0 aromatic heterocycles. The molecule has 1 aliphatic carbocycles. The number of carbonyl (C=O) groups is 1. The van der Waals surface area contributed by atoms with Crippen molar-refractivity contribution in [2.24, 2.45) is 11.8 Å². The lowest BCUT2D eigenvalue weighted by Gasteiger charge is -2.37. The van der Waals surface area contributed by atoms with Gasteiger partial charge in [0.25, 0.3) is 0 Å². The van der Waals surface area contributed by atoms with E-state index in [1.54, 1.807) is 0 Å². The van der Waals surface area contributed by atoms with Crippen LogP contribution in [-0.2, 0) is 17.7 Å². The second-order valence-corrected chi connectivity index (χ2v) is 7.11. The first-order chi connectivity index (χ1) is 10.7. The molecule has 0 spiro atoms. The van der Waals surface area contributed by atoms with Crippen molar-refractivity contribution in [1.82, 2.24) is 9.80 Å². The molecule has 1 saturated carbocycles. The number of benzene rings is 1. The Morgan fingerprint density at radius 3 is 2.55 bits per heavy atom. The summed E-state index contributed by atoms with van der Waals surface area (Å²) in [4.78, 5) is 16.8. The Kier molecular flexibility index (Phi) is 3.57. The molecule has 1 aromatic carbocycles. The van der Waals surface area contributed by atoms with Crippen molar-refractivity contribution in [3.8, 4) is 0 Å². The van der Waals surface area contributed by atoms with Crippen LogP contribution in [0.4, 0.5) is 4.79 Å². The molecule has 4 rings (SSSR count). The van der Waals surface area contributed by atoms with E-state index in [1.807, 2.05) is 11.0 Å². The summed E-state index contributed by atoms with van der Waals surface area (Å²) in [5.74, 6) is 1.06. The van der Waals surface area contributed by atoms with E-state index in [0.29, 0.717) is 18.4 Å². The van der Waals surface area contributed by atoms with Crippen molar-refractivity contribution in [2.45, 2.75) is 31.9 Å². The summed E-state index contributed by atoms with van der Waals surface area (Å²) in [6.45, 7) is 3.60. The SMILES string of the molecule is CN1CC2CCC(C1)C2OC(=O)N1CCc2ccccc2C1. The van der Waals surface area contributed by atoms with Gasteiger partial charge < -0.3 is 14.5 Å². The molecule has 1 amide bonds. The minimum atomic E-state index is -0.110. The number of hydrogen-bond donors (Lipinski definition) is 0. The fraction of sp³-hybridized carbons (Fsp3) is 0.611. The summed E-state index contributed by atoms with van der Waals surface area (Å²) >= 11 is 0. The van der Waals surface area contributed by atoms with Crippen molar-refractivity contribution < 1.29 is 9.53 Å². The van der Waals surface area contributed by atoms with Gasteiger partial charge in [-0.2, -0.15) is 0 Å². The van der Waals surface area contributed by atoms with E-state index in [-0.39, 0.29) is 12.2 Å². The van der Waals surface area contributed by atoms with Crippen molar-refractivity contribution in [1.29, 1.82) is 0 Å². The fourth-order valence-electron chi connectivity index (χ4n) is 4.44. The largest absolute Gasteiger partial charge is 0.445 e. The lowest BCUT2D eigenvalue weighted by atomic mass is 9.95. The fourth-order valence-corrected chi connectivity index (χ4v) is 4.44. The number of piperidine rings is 1. The predicted molar refractivity (Wildman–Crippen MR) is 84.5 cm³/mol. The summed E-state index contributed by atoms with van der Waals surface area (Å²) < 4.78 is 5.94. The number of amides is 1. The first kappa shape index (κ1) is 14.1. The number of hydrogen-bond acceptors (Lipinski definition) is 3. The maximum atomic E-state index is 12.6. The molecule has 2 bridgehead atoms. The number of likely N-dealkylation sites (tertiary alicyclic amines) is 1. The van der Waals surface area contributed by atoms with Gasteiger partial charge in [-0.05, 0) is 37.4 Å². The second kappa shape index (κ2) is 5.58. The molecule has 1 aromatic rings. The molecule has 2 atom stereocenters. The molecule has 3 aliphatic rings. The molecule has 2 aliphatic heterocycles. The first-order valence-electron chi connectivity index (χ1n) is 8.41. The Balaban J connectivity index is 1.41. The smallest absolute Gasteiger partial charge is 0.410 e. The quantitative estimate of drug-likeness (QED) is 0.799. The van der Waals surface area contributed by atoms with Crippen LogP contribution in [0, 0.1) is 11.8 Å². The Bertz CT molecular complexity index is 560. The van der Waals surface area contributed by atoms with Crippen molar-refractivity contribution in [2.75, 3.05) is 26.7 Å². The molecule has 1 saturated heterocycles. The molecule has 2 heterocycles. The zero-order valence-electron chi connectivity index (χ0n) is 13.2. The van der Waals surface area contributed by atoms with E-state index in [1.165, 1.54) is 24.0 Å². The van der Waals surface area contributed by atoms with Crippen LogP contribution in [0.5, 0.6) is 0 Å². The van der Waals surface area contributed by atoms with Crippen LogP contribution in [0.15, 0.2) is 24.3 Å². The lowest BCUT2D eigenvalue weighted by Crippen LogP contribution is -2.47. The van der Waals surface area contributed by atoms with E-state index in [2.05, 4.69) is 30.1 Å². The van der Waals surface area contributed by atoms with E-state index in [0.717, 1.165) is 26.1 Å². The summed E-state index contributed by atoms with van der Waals surface area (Å²) in [5, 5.41) is 0. The van der Waals surface area contributed by atoms with Gasteiger partial charge in [0.15, 0.2) is 0 Å². The molecule has 0 N–H and O–H groups in total. The van der Waals surface area contributed by atoms with Gasteiger partial charge in [-0.25, -0.2) is 4.79 Å². The summed E-state index contributed by atoms with van der Waals surface area (Å²) in [6, 6.07) is 8.40. The number of fused-ring (bicyclic) bond motifs is 3. The average Bonchev–Trinajstić information content (AvgIpc) is 2.77. The number of ether oxygens (including phenoxy) is 1. The van der Waals surface area contributed by atoms with Gasteiger partial charge in [0.1, 0.15) is 6.10 Å². The summed E-state index contributed by atoms with van der Waals surface area (Å²) in [6.07, 6.45) is 3.37. The van der Waals surface area contributed by atoms with Crippen LogP contribution in [-0.4, -0.2) is 48.7 Å². The topological polar surface area (TPSA) is 32.8 Å². The second-order valence-electron chi connectivity index (χ2n) is 7.11. The van der Waals surface area contributed by atoms with Gasteiger partial charge in [0.05, 0.1) is 0 Å². The Hall–Kier alpha value is -1.55. The van der Waals surface area contributed by atoms with E-state index in [4.69, 9.17) is 4.74 Å². The van der Waals surface area contributed by atoms with Crippen LogP contribution in [0.1, 0.15) is 24.0 Å². The number of rotatable bonds is 1. The van der Waals surface area contributed by atoms with Crippen LogP contribution in [0.25, 0.3) is 0 Å². The van der Waals surface area contributed by atoms with Gasteiger partial charge in [-0.1, -0.05) is 24.3 Å². The standard InChI is InChI=1S/C18H24N2O2/c1-19-10-15-6-7-16(11-19)17(15)22-18(21)20-9-8-13-4-2-3-5-14(13)12-20/h2-5,15-17H,6-12H2,1H3. The van der Waals surface area contributed by atoms with Crippen LogP contribution in [0.3, 0.4) is 0 Å². The van der Waals surface area contributed by atoms with E-state index >= 15 is 0 Å². The van der Waals surface area contributed by atoms with Gasteiger partial charge >= 0.3 is 6.09 Å². The molecule has 2 fully saturated rings. The minimum absolute atomic E-state index is 0.110. The number of nitrogens with zero attached hydrogens (tertiary/aromatic N) is 2. The highest BCUT2D eigenvalue weighted by atomic mass is 16.6. The van der Waals surface area contributed by atoms with Gasteiger partial charge in [0.2, 0.25) is 0 Å². The highest BCUT2D eigenvalue weighted by Crippen LogP contribution is 2.38. The van der Waals surface area contributed by atoms with Crippen molar-refractivity contribution in [3.63, 3.8) is 0 Å². The first-order valence-corrected chi connectivity index (χ1v) is 8.41. The van der Waals surface area contributed by atoms with E-state index in [9.17, 15) is 4.79 Å². The third kappa shape index (κ3) is 2.50. The number of carbonyl (C=O) groups excluding carboxylic acids is 1. The van der Waals surface area contributed by atoms with Crippen molar-refractivity contribution in [3.05, 3.63) is 35.4 Å². The normalized spacial score (nSPS) is 31.0. The Morgan fingerprint density at radius 1 is 1.14 bits per heavy atom. The Morgan fingerprint density at radius 2 is 1.82 bits per heavy atom. The highest BCUT2D eigenvalue weighted by Gasteiger charge is 2.44. The third-order valence-corrected chi connectivity index (χ3v) is 5.56. The zero-order chi connectivity index (χ0) is 15.1. The zero-order valence-corrected chi connectivity index (χ0v) is 13.2. The molecule has 118 valence electrons. The van der Waals surface area contributed by atoms with Crippen molar-refractivity contribution >= 4 is 6.09 Å². The summed E-state index contributed by atoms with van der Waals surface area (Å²) in [7, 11) is 2.17. The molecule has 4 heteroatoms. The molecular formula is C18H24N2O2. The van der Waals surface area contributed by atoms with E-state index < -0.39 is 0 Å². The van der Waals surface area contributed by atoms with Gasteiger partial charge in [-0.15, -0.1) is 0 Å². The minimum Gasteiger partial charge on any atom is -0.445 e. The maximum absolute atomic E-state index is 12.6. The van der Waals surface area contributed by atoms with Crippen LogP contribution >= 0.6 is 0 Å². The Labute approximate surface area is 132 Å². The highest BCUT2D eigenvalue weighted by molar-refractivity contribution is 5.68. The maximum Gasteiger partial charge on any atom is 0.410 e. The molecule has 22 heavy (non-hydrogen) atoms. The van der Waals surface area contributed by atoms with Gasteiger partial charge in [-0.3, -0.25) is 0 Å². The predicted octanol–water partition coefficient (Wildman–Crippen LogP) is 2.52. The summed E-state index contributed by atoms with van der Waals surface area (Å²) in [5.41, 5.74) is 2.63.